The fourth-order valence-corrected chi connectivity index (χ4v) is 3.59. The van der Waals surface area contributed by atoms with Crippen LogP contribution >= 0.6 is 0 Å². The number of likely N-dealkylation sites (N-methyl/N-ethyl adjacent to an activating group) is 1. The van der Waals surface area contributed by atoms with Gasteiger partial charge in [0.15, 0.2) is 0 Å². The average Bonchev–Trinajstić information content (AvgIpc) is 3.00. The summed E-state index contributed by atoms with van der Waals surface area (Å²) in [6.07, 6.45) is 1.63. The predicted octanol–water partition coefficient (Wildman–Crippen LogP) is 1.43. The maximum absolute atomic E-state index is 12.9. The van der Waals surface area contributed by atoms with E-state index in [0.717, 1.165) is 19.6 Å². The molecule has 1 aliphatic heterocycles. The number of ketones is 1. The van der Waals surface area contributed by atoms with Crippen LogP contribution in [0.3, 0.4) is 0 Å². The number of aliphatic hydroxyl groups is 1. The van der Waals surface area contributed by atoms with Crippen LogP contribution in [0.15, 0.2) is 60.3 Å². The molecule has 1 aromatic heterocycles. The number of aromatic nitrogens is 1. The van der Waals surface area contributed by atoms with Crippen LogP contribution in [-0.2, 0) is 9.59 Å². The summed E-state index contributed by atoms with van der Waals surface area (Å²) in [7, 11) is 0. The molecule has 0 spiro atoms. The van der Waals surface area contributed by atoms with Crippen molar-refractivity contribution in [1.29, 1.82) is 0 Å². The molecule has 1 fully saturated rings. The highest BCUT2D eigenvalue weighted by Gasteiger charge is 2.46. The van der Waals surface area contributed by atoms with E-state index in [1.54, 1.807) is 47.5 Å². The van der Waals surface area contributed by atoms with Crippen LogP contribution in [0.25, 0.3) is 5.76 Å². The third-order valence-electron chi connectivity index (χ3n) is 5.26. The molecule has 2 N–H and O–H groups in total. The Hall–Kier alpha value is -2.99. The first-order valence-corrected chi connectivity index (χ1v) is 9.66. The van der Waals surface area contributed by atoms with Crippen LogP contribution in [-0.4, -0.2) is 52.9 Å². The first kappa shape index (κ1) is 19.8. The second-order valence-electron chi connectivity index (χ2n) is 6.82. The van der Waals surface area contributed by atoms with Gasteiger partial charge in [-0.2, -0.15) is 0 Å². The van der Waals surface area contributed by atoms with Crippen molar-refractivity contribution in [1.82, 2.24) is 9.88 Å². The van der Waals surface area contributed by atoms with E-state index in [0.29, 0.717) is 17.8 Å². The number of hydrogen-bond acceptors (Lipinski definition) is 4. The number of aliphatic hydroxyl groups excluding tert-OH is 1. The highest BCUT2D eigenvalue weighted by atomic mass is 16.3. The molecule has 146 valence electrons. The number of carbonyl (C=O) groups excluding carboxylic acids is 2. The van der Waals surface area contributed by atoms with E-state index in [2.05, 4.69) is 18.8 Å². The molecule has 6 heteroatoms. The van der Waals surface area contributed by atoms with Crippen molar-refractivity contribution in [3.63, 3.8) is 0 Å². The van der Waals surface area contributed by atoms with Crippen LogP contribution in [0.5, 0.6) is 0 Å². The summed E-state index contributed by atoms with van der Waals surface area (Å²) in [5.74, 6) is -1.40. The quantitative estimate of drug-likeness (QED) is 0.433. The fourth-order valence-electron chi connectivity index (χ4n) is 3.59. The Labute approximate surface area is 165 Å². The van der Waals surface area contributed by atoms with E-state index < -0.39 is 17.7 Å². The highest BCUT2D eigenvalue weighted by molar-refractivity contribution is 6.46. The number of rotatable bonds is 7. The van der Waals surface area contributed by atoms with Gasteiger partial charge in [0, 0.05) is 11.8 Å². The second-order valence-corrected chi connectivity index (χ2v) is 6.82. The summed E-state index contributed by atoms with van der Waals surface area (Å²) in [5.41, 5.74) is 1.19. The summed E-state index contributed by atoms with van der Waals surface area (Å²) < 4.78 is 0. The molecule has 1 saturated heterocycles. The highest BCUT2D eigenvalue weighted by Crippen LogP contribution is 2.38. The molecular formula is C22H26N3O3+. The van der Waals surface area contributed by atoms with Gasteiger partial charge in [-0.15, -0.1) is 0 Å². The van der Waals surface area contributed by atoms with Crippen LogP contribution in [0.1, 0.15) is 31.1 Å². The molecule has 0 bridgehead atoms. The molecule has 2 heterocycles. The summed E-state index contributed by atoms with van der Waals surface area (Å²) in [6.45, 7) is 7.23. The van der Waals surface area contributed by atoms with Crippen molar-refractivity contribution >= 4 is 17.4 Å². The zero-order valence-electron chi connectivity index (χ0n) is 16.3. The number of benzene rings is 1. The normalized spacial score (nSPS) is 18.8. The predicted molar refractivity (Wildman–Crippen MR) is 107 cm³/mol. The van der Waals surface area contributed by atoms with E-state index >= 15 is 0 Å². The Bertz CT molecular complexity index is 861. The number of quaternary nitrogens is 1. The number of Topliss-reactive ketones (excluding diaryl/α,β-unsaturated/α-hetero) is 1. The molecule has 0 saturated carbocycles. The lowest BCUT2D eigenvalue weighted by Gasteiger charge is -2.26. The fraction of sp³-hybridized carbons (Fsp3) is 0.318. The molecule has 2 aromatic rings. The summed E-state index contributed by atoms with van der Waals surface area (Å²) in [4.78, 5) is 32.9. The monoisotopic (exact) mass is 380 g/mol. The van der Waals surface area contributed by atoms with Gasteiger partial charge in [-0.05, 0) is 26.0 Å². The zero-order chi connectivity index (χ0) is 20.1. The lowest BCUT2D eigenvalue weighted by Crippen LogP contribution is -3.12. The lowest BCUT2D eigenvalue weighted by molar-refractivity contribution is -0.895. The molecule has 0 aliphatic carbocycles. The number of pyridine rings is 1. The average molecular weight is 380 g/mol. The molecule has 6 nitrogen and oxygen atoms in total. The van der Waals surface area contributed by atoms with Crippen molar-refractivity contribution in [2.45, 2.75) is 19.9 Å². The lowest BCUT2D eigenvalue weighted by atomic mass is 9.98. The zero-order valence-corrected chi connectivity index (χ0v) is 16.3. The van der Waals surface area contributed by atoms with E-state index in [9.17, 15) is 14.7 Å². The van der Waals surface area contributed by atoms with Crippen molar-refractivity contribution in [3.05, 3.63) is 71.6 Å². The van der Waals surface area contributed by atoms with Crippen LogP contribution in [0, 0.1) is 0 Å². The molecule has 3 rings (SSSR count). The number of nitrogens with zero attached hydrogens (tertiary/aromatic N) is 2. The summed E-state index contributed by atoms with van der Waals surface area (Å²) >= 11 is 0. The molecular weight excluding hydrogens is 354 g/mol. The smallest absolute Gasteiger partial charge is 0.295 e. The summed E-state index contributed by atoms with van der Waals surface area (Å²) in [6, 6.07) is 13.5. The number of nitrogens with one attached hydrogen (secondary N) is 1. The minimum absolute atomic E-state index is 0.101. The third-order valence-corrected chi connectivity index (χ3v) is 5.26. The van der Waals surface area contributed by atoms with Crippen molar-refractivity contribution in [2.75, 3.05) is 26.2 Å². The van der Waals surface area contributed by atoms with Gasteiger partial charge in [0.25, 0.3) is 11.7 Å². The van der Waals surface area contributed by atoms with Crippen LogP contribution in [0.4, 0.5) is 0 Å². The Morgan fingerprint density at radius 2 is 1.75 bits per heavy atom. The minimum Gasteiger partial charge on any atom is -0.507 e. The Morgan fingerprint density at radius 1 is 1.07 bits per heavy atom. The maximum Gasteiger partial charge on any atom is 0.295 e. The first-order chi connectivity index (χ1) is 13.6. The SMILES string of the molecule is CC[NH+](CC)CCN1C(=O)C(=O)C(=C(O)c2ccccc2)[C@@H]1c1ccccn1. The molecule has 1 aliphatic rings. The Kier molecular flexibility index (Phi) is 6.21. The van der Waals surface area contributed by atoms with E-state index in [1.807, 2.05) is 12.1 Å². The molecule has 1 aromatic carbocycles. The first-order valence-electron chi connectivity index (χ1n) is 9.66. The van der Waals surface area contributed by atoms with Gasteiger partial charge >= 0.3 is 0 Å². The topological polar surface area (TPSA) is 74.9 Å². The molecule has 0 radical (unpaired) electrons. The second kappa shape index (κ2) is 8.80. The van der Waals surface area contributed by atoms with Gasteiger partial charge < -0.3 is 14.9 Å². The standard InChI is InChI=1S/C22H25N3O3/c1-3-24(4-2)14-15-25-19(17-12-8-9-13-23-17)18(21(27)22(25)28)20(26)16-10-6-5-7-11-16/h5-13,19,26H,3-4,14-15H2,1-2H3/p+1/t19-/m0/s1. The van der Waals surface area contributed by atoms with Gasteiger partial charge in [0.05, 0.1) is 37.4 Å². The van der Waals surface area contributed by atoms with Crippen molar-refractivity contribution in [2.24, 2.45) is 0 Å². The minimum atomic E-state index is -0.684. The largest absolute Gasteiger partial charge is 0.507 e. The van der Waals surface area contributed by atoms with Gasteiger partial charge in [-0.3, -0.25) is 14.6 Å². The number of hydrogen-bond donors (Lipinski definition) is 2. The number of carbonyl (C=O) groups is 2. The Balaban J connectivity index is 2.06. The molecule has 1 atom stereocenters. The molecule has 28 heavy (non-hydrogen) atoms. The molecule has 0 unspecified atom stereocenters. The van der Waals surface area contributed by atoms with Gasteiger partial charge in [-0.1, -0.05) is 36.4 Å². The van der Waals surface area contributed by atoms with Crippen LogP contribution < -0.4 is 4.90 Å². The Morgan fingerprint density at radius 3 is 2.36 bits per heavy atom. The number of amides is 1. The van der Waals surface area contributed by atoms with Gasteiger partial charge in [0.1, 0.15) is 11.8 Å². The third kappa shape index (κ3) is 3.82. The van der Waals surface area contributed by atoms with Gasteiger partial charge in [0.2, 0.25) is 0 Å². The van der Waals surface area contributed by atoms with E-state index in [-0.39, 0.29) is 11.3 Å². The number of likely N-dealkylation sites (tertiary alicyclic amines) is 1. The maximum atomic E-state index is 12.9. The molecule has 1 amide bonds. The van der Waals surface area contributed by atoms with E-state index in [4.69, 9.17) is 0 Å². The van der Waals surface area contributed by atoms with Crippen molar-refractivity contribution in [3.8, 4) is 0 Å². The van der Waals surface area contributed by atoms with Gasteiger partial charge in [-0.25, -0.2) is 0 Å². The summed E-state index contributed by atoms with van der Waals surface area (Å²) in [5, 5.41) is 10.9. The van der Waals surface area contributed by atoms with E-state index in [1.165, 1.54) is 4.90 Å². The van der Waals surface area contributed by atoms with Crippen LogP contribution in [0.2, 0.25) is 0 Å². The van der Waals surface area contributed by atoms with Crippen molar-refractivity contribution < 1.29 is 19.6 Å².